The molecule has 0 spiro atoms. The number of carbonyl (C=O) groups excluding carboxylic acids is 3. The molecule has 1 aliphatic rings. The third kappa shape index (κ3) is 7.71. The summed E-state index contributed by atoms with van der Waals surface area (Å²) in [7, 11) is 4.09. The zero-order chi connectivity index (χ0) is 17.9. The lowest BCUT2D eigenvalue weighted by atomic mass is 10.3. The summed E-state index contributed by atoms with van der Waals surface area (Å²) in [5, 5.41) is 0. The molecule has 0 aromatic carbocycles. The van der Waals surface area contributed by atoms with E-state index in [1.807, 2.05) is 0 Å². The van der Waals surface area contributed by atoms with E-state index in [0.29, 0.717) is 58.9 Å². The molecular formula is C15H27N3O6. The van der Waals surface area contributed by atoms with Crippen LogP contribution in [0.5, 0.6) is 0 Å². The predicted octanol–water partition coefficient (Wildman–Crippen LogP) is -0.532. The number of nitrogens with zero attached hydrogens (tertiary/aromatic N) is 3. The average Bonchev–Trinajstić information content (AvgIpc) is 2.61. The van der Waals surface area contributed by atoms with E-state index in [0.717, 1.165) is 0 Å². The molecule has 1 saturated heterocycles. The first-order valence-electron chi connectivity index (χ1n) is 7.86. The van der Waals surface area contributed by atoms with Crippen molar-refractivity contribution < 1.29 is 28.6 Å². The van der Waals surface area contributed by atoms with Gasteiger partial charge in [-0.1, -0.05) is 0 Å². The molecule has 0 unspecified atom stereocenters. The van der Waals surface area contributed by atoms with Crippen molar-refractivity contribution in [1.29, 1.82) is 0 Å². The van der Waals surface area contributed by atoms with E-state index >= 15 is 0 Å². The lowest BCUT2D eigenvalue weighted by molar-refractivity contribution is -0.142. The highest BCUT2D eigenvalue weighted by Crippen LogP contribution is 2.10. The van der Waals surface area contributed by atoms with Gasteiger partial charge in [-0.3, -0.25) is 29.1 Å². The minimum absolute atomic E-state index is 0.261. The summed E-state index contributed by atoms with van der Waals surface area (Å²) in [5.74, 6) is -0.784. The van der Waals surface area contributed by atoms with Gasteiger partial charge in [0, 0.05) is 19.6 Å². The minimum atomic E-state index is -0.261. The molecule has 9 nitrogen and oxygen atoms in total. The third-order valence-electron chi connectivity index (χ3n) is 3.78. The quantitative estimate of drug-likeness (QED) is 0.404. The maximum atomic E-state index is 11.3. The zero-order valence-electron chi connectivity index (χ0n) is 14.7. The van der Waals surface area contributed by atoms with Crippen LogP contribution < -0.4 is 0 Å². The molecule has 1 aliphatic heterocycles. The number of hydrogen-bond acceptors (Lipinski definition) is 9. The van der Waals surface area contributed by atoms with E-state index in [4.69, 9.17) is 0 Å². The molecule has 0 bridgehead atoms. The highest BCUT2D eigenvalue weighted by atomic mass is 16.5. The van der Waals surface area contributed by atoms with Gasteiger partial charge in [-0.05, 0) is 0 Å². The van der Waals surface area contributed by atoms with Crippen LogP contribution in [0.25, 0.3) is 0 Å². The molecule has 1 heterocycles. The monoisotopic (exact) mass is 345 g/mol. The highest BCUT2D eigenvalue weighted by molar-refractivity contribution is 5.70. The highest BCUT2D eigenvalue weighted by Gasteiger charge is 2.24. The van der Waals surface area contributed by atoms with Gasteiger partial charge >= 0.3 is 17.9 Å². The van der Waals surface area contributed by atoms with Gasteiger partial charge in [-0.2, -0.15) is 0 Å². The largest absolute Gasteiger partial charge is 0.469 e. The predicted molar refractivity (Wildman–Crippen MR) is 84.6 cm³/mol. The fourth-order valence-electron chi connectivity index (χ4n) is 2.46. The average molecular weight is 345 g/mol. The van der Waals surface area contributed by atoms with E-state index in [1.54, 1.807) is 0 Å². The SMILES string of the molecule is COC(=O)CCN1CN(CCC(=O)OC)CN(CCC(=O)OC)C1. The second-order valence-corrected chi connectivity index (χ2v) is 5.59. The molecule has 24 heavy (non-hydrogen) atoms. The summed E-state index contributed by atoms with van der Waals surface area (Å²) >= 11 is 0. The Kier molecular flexibility index (Phi) is 9.28. The number of ether oxygens (including phenoxy) is 3. The zero-order valence-corrected chi connectivity index (χ0v) is 14.7. The molecule has 1 fully saturated rings. The summed E-state index contributed by atoms with van der Waals surface area (Å²) < 4.78 is 14.0. The van der Waals surface area contributed by atoms with Gasteiger partial charge in [0.2, 0.25) is 0 Å². The Hall–Kier alpha value is -1.71. The Morgan fingerprint density at radius 2 is 0.875 bits per heavy atom. The van der Waals surface area contributed by atoms with Crippen LogP contribution in [-0.2, 0) is 28.6 Å². The maximum Gasteiger partial charge on any atom is 0.306 e. The second kappa shape index (κ2) is 11.0. The first-order chi connectivity index (χ1) is 11.5. The molecule has 0 atom stereocenters. The Morgan fingerprint density at radius 3 is 1.08 bits per heavy atom. The molecule has 0 aromatic rings. The van der Waals surface area contributed by atoms with Crippen molar-refractivity contribution in [2.24, 2.45) is 0 Å². The first kappa shape index (κ1) is 20.3. The third-order valence-corrected chi connectivity index (χ3v) is 3.78. The van der Waals surface area contributed by atoms with E-state index in [-0.39, 0.29) is 17.9 Å². The molecule has 138 valence electrons. The fourth-order valence-corrected chi connectivity index (χ4v) is 2.46. The van der Waals surface area contributed by atoms with Crippen molar-refractivity contribution in [2.45, 2.75) is 19.3 Å². The normalized spacial score (nSPS) is 16.6. The number of carbonyl (C=O) groups is 3. The Balaban J connectivity index is 2.54. The van der Waals surface area contributed by atoms with Gasteiger partial charge in [0.05, 0.1) is 60.6 Å². The van der Waals surface area contributed by atoms with E-state index < -0.39 is 0 Å². The molecule has 0 aromatic heterocycles. The lowest BCUT2D eigenvalue weighted by Gasteiger charge is -2.42. The summed E-state index contributed by atoms with van der Waals surface area (Å²) in [6.45, 7) is 3.58. The van der Waals surface area contributed by atoms with Gasteiger partial charge in [-0.25, -0.2) is 0 Å². The molecule has 0 radical (unpaired) electrons. The smallest absolute Gasteiger partial charge is 0.306 e. The van der Waals surface area contributed by atoms with Crippen LogP contribution in [0.15, 0.2) is 0 Å². The van der Waals surface area contributed by atoms with E-state index in [1.165, 1.54) is 21.3 Å². The molecule has 0 saturated carbocycles. The van der Waals surface area contributed by atoms with Crippen molar-refractivity contribution >= 4 is 17.9 Å². The van der Waals surface area contributed by atoms with Crippen LogP contribution in [0, 0.1) is 0 Å². The van der Waals surface area contributed by atoms with Gasteiger partial charge in [0.1, 0.15) is 0 Å². The first-order valence-corrected chi connectivity index (χ1v) is 7.86. The van der Waals surface area contributed by atoms with Crippen molar-refractivity contribution in [3.8, 4) is 0 Å². The Morgan fingerprint density at radius 1 is 0.625 bits per heavy atom. The summed E-state index contributed by atoms with van der Waals surface area (Å²) in [6, 6.07) is 0. The molecule has 0 amide bonds. The van der Waals surface area contributed by atoms with Crippen molar-refractivity contribution in [3.63, 3.8) is 0 Å². The van der Waals surface area contributed by atoms with E-state index in [2.05, 4.69) is 28.9 Å². The van der Waals surface area contributed by atoms with Crippen molar-refractivity contribution in [2.75, 3.05) is 61.0 Å². The number of methoxy groups -OCH3 is 3. The summed E-state index contributed by atoms with van der Waals surface area (Å²) in [6.07, 6.45) is 0.893. The molecule has 0 aliphatic carbocycles. The molecule has 0 N–H and O–H groups in total. The van der Waals surface area contributed by atoms with Gasteiger partial charge < -0.3 is 14.2 Å². The number of hydrogen-bond donors (Lipinski definition) is 0. The van der Waals surface area contributed by atoms with Crippen LogP contribution >= 0.6 is 0 Å². The summed E-state index contributed by atoms with van der Waals surface area (Å²) in [5.41, 5.74) is 0. The minimum Gasteiger partial charge on any atom is -0.469 e. The molecule has 9 heteroatoms. The van der Waals surface area contributed by atoms with Crippen LogP contribution in [0.1, 0.15) is 19.3 Å². The Labute approximate surface area is 142 Å². The topological polar surface area (TPSA) is 88.6 Å². The van der Waals surface area contributed by atoms with E-state index in [9.17, 15) is 14.4 Å². The van der Waals surface area contributed by atoms with Gasteiger partial charge in [0.15, 0.2) is 0 Å². The second-order valence-electron chi connectivity index (χ2n) is 5.59. The molecular weight excluding hydrogens is 318 g/mol. The number of rotatable bonds is 9. The van der Waals surface area contributed by atoms with Gasteiger partial charge in [0.25, 0.3) is 0 Å². The van der Waals surface area contributed by atoms with Crippen LogP contribution in [-0.4, -0.2) is 93.6 Å². The Bertz CT molecular complexity index is 364. The summed E-state index contributed by atoms with van der Waals surface area (Å²) in [4.78, 5) is 40.2. The van der Waals surface area contributed by atoms with Crippen LogP contribution in [0.4, 0.5) is 0 Å². The number of esters is 3. The van der Waals surface area contributed by atoms with Crippen molar-refractivity contribution in [3.05, 3.63) is 0 Å². The maximum absolute atomic E-state index is 11.3. The van der Waals surface area contributed by atoms with Gasteiger partial charge in [-0.15, -0.1) is 0 Å². The van der Waals surface area contributed by atoms with Crippen LogP contribution in [0.3, 0.4) is 0 Å². The fraction of sp³-hybridized carbons (Fsp3) is 0.800. The molecule has 1 rings (SSSR count). The standard InChI is InChI=1S/C15H27N3O6/c1-22-13(19)4-7-16-10-17(8-5-14(20)23-2)12-18(11-16)9-6-15(21)24-3/h4-12H2,1-3H3. The lowest BCUT2D eigenvalue weighted by Crippen LogP contribution is -2.55. The van der Waals surface area contributed by atoms with Crippen molar-refractivity contribution in [1.82, 2.24) is 14.7 Å². The van der Waals surface area contributed by atoms with Crippen LogP contribution in [0.2, 0.25) is 0 Å².